The fraction of sp³-hybridized carbons (Fsp3) is 0.200. The Morgan fingerprint density at radius 1 is 1.19 bits per heavy atom. The molecule has 0 aliphatic rings. The second-order valence-electron chi connectivity index (χ2n) is 3.00. The Hall–Kier alpha value is -1.26. The molecule has 0 fully saturated rings. The van der Waals surface area contributed by atoms with Gasteiger partial charge in [0.25, 0.3) is 0 Å². The van der Waals surface area contributed by atoms with E-state index in [1.54, 1.807) is 30.3 Å². The van der Waals surface area contributed by atoms with E-state index in [1.807, 2.05) is 0 Å². The van der Waals surface area contributed by atoms with Gasteiger partial charge in [-0.3, -0.25) is 4.79 Å². The molecule has 0 bridgehead atoms. The van der Waals surface area contributed by atoms with E-state index in [0.29, 0.717) is 5.56 Å². The Kier molecular flexibility index (Phi) is 4.58. The maximum absolute atomic E-state index is 11.6. The Morgan fingerprint density at radius 3 is 2.19 bits per heavy atom. The van der Waals surface area contributed by atoms with E-state index >= 15 is 0 Å². The van der Waals surface area contributed by atoms with Crippen LogP contribution < -0.4 is 5.32 Å². The molecule has 1 aromatic rings. The minimum Gasteiger partial charge on any atom is -0.465 e. The van der Waals surface area contributed by atoms with Crippen molar-refractivity contribution in [1.82, 2.24) is 5.32 Å². The number of carbonyl (C=O) groups is 2. The molecule has 0 radical (unpaired) electrons. The van der Waals surface area contributed by atoms with Crippen LogP contribution in [-0.4, -0.2) is 21.8 Å². The fourth-order valence-electron chi connectivity index (χ4n) is 1.21. The monoisotopic (exact) mass is 261 g/mol. The molecule has 1 atom stereocenters. The highest BCUT2D eigenvalue weighted by Gasteiger charge is 2.26. The molecule has 1 rings (SSSR count). The standard InChI is InChI=1S/C10H9Cl2NO3/c11-9(12)8(14)7(13-10(15)16)6-4-2-1-3-5-6/h1-5,7,9,13H,(H,15,16)/t7-/m1/s1. The SMILES string of the molecule is O=C(O)N[C@@H](C(=O)C(Cl)Cl)c1ccccc1. The zero-order chi connectivity index (χ0) is 12.1. The van der Waals surface area contributed by atoms with Gasteiger partial charge in [0, 0.05) is 0 Å². The van der Waals surface area contributed by atoms with Crippen molar-refractivity contribution in [1.29, 1.82) is 0 Å². The third kappa shape index (κ3) is 3.40. The lowest BCUT2D eigenvalue weighted by Crippen LogP contribution is -2.35. The van der Waals surface area contributed by atoms with Crippen molar-refractivity contribution in [3.63, 3.8) is 0 Å². The Balaban J connectivity index is 2.96. The number of hydrogen-bond donors (Lipinski definition) is 2. The fourth-order valence-corrected chi connectivity index (χ4v) is 1.47. The molecule has 1 amide bonds. The number of alkyl halides is 2. The molecule has 0 aliphatic heterocycles. The summed E-state index contributed by atoms with van der Waals surface area (Å²) in [5, 5.41) is 10.7. The molecule has 6 heteroatoms. The molecular weight excluding hydrogens is 253 g/mol. The number of ketones is 1. The first-order valence-electron chi connectivity index (χ1n) is 4.38. The molecule has 2 N–H and O–H groups in total. The lowest BCUT2D eigenvalue weighted by atomic mass is 10.0. The van der Waals surface area contributed by atoms with Crippen LogP contribution >= 0.6 is 23.2 Å². The van der Waals surface area contributed by atoms with Gasteiger partial charge in [-0.05, 0) is 5.56 Å². The lowest BCUT2D eigenvalue weighted by molar-refractivity contribution is -0.119. The van der Waals surface area contributed by atoms with Crippen molar-refractivity contribution in [2.45, 2.75) is 10.9 Å². The molecule has 4 nitrogen and oxygen atoms in total. The highest BCUT2D eigenvalue weighted by molar-refractivity contribution is 6.54. The average molecular weight is 262 g/mol. The Labute approximate surface area is 102 Å². The van der Waals surface area contributed by atoms with Crippen molar-refractivity contribution in [2.75, 3.05) is 0 Å². The lowest BCUT2D eigenvalue weighted by Gasteiger charge is -2.16. The average Bonchev–Trinajstić information content (AvgIpc) is 2.26. The number of halogens is 2. The summed E-state index contributed by atoms with van der Waals surface area (Å²) in [6.07, 6.45) is -1.31. The van der Waals surface area contributed by atoms with E-state index in [0.717, 1.165) is 0 Å². The number of benzene rings is 1. The molecule has 16 heavy (non-hydrogen) atoms. The van der Waals surface area contributed by atoms with E-state index in [4.69, 9.17) is 28.3 Å². The summed E-state index contributed by atoms with van der Waals surface area (Å²) in [5.74, 6) is -0.600. The molecular formula is C10H9Cl2NO3. The minimum atomic E-state index is -1.31. The molecule has 0 unspecified atom stereocenters. The van der Waals surface area contributed by atoms with Crippen molar-refractivity contribution < 1.29 is 14.7 Å². The second kappa shape index (κ2) is 5.72. The molecule has 1 aromatic carbocycles. The topological polar surface area (TPSA) is 66.4 Å². The van der Waals surface area contributed by atoms with Gasteiger partial charge < -0.3 is 10.4 Å². The molecule has 0 spiro atoms. The predicted molar refractivity (Wildman–Crippen MR) is 60.8 cm³/mol. The van der Waals surface area contributed by atoms with Gasteiger partial charge in [0.1, 0.15) is 6.04 Å². The van der Waals surface area contributed by atoms with Gasteiger partial charge in [0.05, 0.1) is 0 Å². The van der Waals surface area contributed by atoms with Crippen LogP contribution in [0, 0.1) is 0 Å². The number of rotatable bonds is 4. The van der Waals surface area contributed by atoms with Crippen LogP contribution in [0.1, 0.15) is 11.6 Å². The summed E-state index contributed by atoms with van der Waals surface area (Å²) >= 11 is 10.9. The largest absolute Gasteiger partial charge is 0.465 e. The van der Waals surface area contributed by atoms with Crippen LogP contribution in [0.15, 0.2) is 30.3 Å². The van der Waals surface area contributed by atoms with Crippen molar-refractivity contribution in [2.24, 2.45) is 0 Å². The third-order valence-electron chi connectivity index (χ3n) is 1.90. The van der Waals surface area contributed by atoms with E-state index < -0.39 is 22.8 Å². The summed E-state index contributed by atoms with van der Waals surface area (Å²) < 4.78 is 0. The maximum Gasteiger partial charge on any atom is 0.405 e. The molecule has 0 saturated carbocycles. The van der Waals surface area contributed by atoms with Crippen LogP contribution in [-0.2, 0) is 4.79 Å². The van der Waals surface area contributed by atoms with Gasteiger partial charge in [-0.2, -0.15) is 0 Å². The zero-order valence-corrected chi connectivity index (χ0v) is 9.57. The first kappa shape index (κ1) is 12.8. The zero-order valence-electron chi connectivity index (χ0n) is 8.06. The highest BCUT2D eigenvalue weighted by atomic mass is 35.5. The number of amides is 1. The molecule has 0 heterocycles. The van der Waals surface area contributed by atoms with E-state index in [-0.39, 0.29) is 0 Å². The number of hydrogen-bond acceptors (Lipinski definition) is 2. The van der Waals surface area contributed by atoms with Crippen LogP contribution in [0.5, 0.6) is 0 Å². The van der Waals surface area contributed by atoms with Gasteiger partial charge >= 0.3 is 6.09 Å². The third-order valence-corrected chi connectivity index (χ3v) is 2.33. The van der Waals surface area contributed by atoms with E-state index in [1.165, 1.54) is 0 Å². The van der Waals surface area contributed by atoms with Gasteiger partial charge in [-0.15, -0.1) is 0 Å². The van der Waals surface area contributed by atoms with Gasteiger partial charge in [0.2, 0.25) is 0 Å². The van der Waals surface area contributed by atoms with Crippen molar-refractivity contribution in [3.8, 4) is 0 Å². The Bertz CT molecular complexity index is 381. The normalized spacial score (nSPS) is 12.2. The summed E-state index contributed by atoms with van der Waals surface area (Å²) in [5.41, 5.74) is 0.501. The summed E-state index contributed by atoms with van der Waals surface area (Å²) in [6.45, 7) is 0. The van der Waals surface area contributed by atoms with Crippen LogP contribution in [0.4, 0.5) is 4.79 Å². The van der Waals surface area contributed by atoms with Crippen molar-refractivity contribution in [3.05, 3.63) is 35.9 Å². The minimum absolute atomic E-state index is 0.501. The summed E-state index contributed by atoms with van der Waals surface area (Å²) in [4.78, 5) is 20.9. The van der Waals surface area contributed by atoms with Crippen molar-refractivity contribution >= 4 is 35.1 Å². The summed E-state index contributed by atoms with van der Waals surface area (Å²) in [7, 11) is 0. The maximum atomic E-state index is 11.6. The van der Waals surface area contributed by atoms with Crippen LogP contribution in [0.3, 0.4) is 0 Å². The van der Waals surface area contributed by atoms with E-state index in [9.17, 15) is 9.59 Å². The first-order valence-corrected chi connectivity index (χ1v) is 5.26. The van der Waals surface area contributed by atoms with Gasteiger partial charge in [-0.25, -0.2) is 4.79 Å². The summed E-state index contributed by atoms with van der Waals surface area (Å²) in [6, 6.07) is 7.33. The number of carbonyl (C=O) groups excluding carboxylic acids is 1. The number of nitrogens with one attached hydrogen (secondary N) is 1. The van der Waals surface area contributed by atoms with Crippen LogP contribution in [0.2, 0.25) is 0 Å². The predicted octanol–water partition coefficient (Wildman–Crippen LogP) is 2.37. The van der Waals surface area contributed by atoms with Crippen LogP contribution in [0.25, 0.3) is 0 Å². The van der Waals surface area contributed by atoms with E-state index in [2.05, 4.69) is 5.32 Å². The number of carboxylic acid groups (broad SMARTS) is 1. The Morgan fingerprint density at radius 2 is 1.75 bits per heavy atom. The molecule has 86 valence electrons. The first-order chi connectivity index (χ1) is 7.52. The molecule has 0 aliphatic carbocycles. The van der Waals surface area contributed by atoms with Gasteiger partial charge in [-0.1, -0.05) is 53.5 Å². The smallest absolute Gasteiger partial charge is 0.405 e. The molecule has 0 saturated heterocycles. The highest BCUT2D eigenvalue weighted by Crippen LogP contribution is 2.19. The second-order valence-corrected chi connectivity index (χ2v) is 4.09. The quantitative estimate of drug-likeness (QED) is 0.818. The van der Waals surface area contributed by atoms with Gasteiger partial charge in [0.15, 0.2) is 10.6 Å². The molecule has 0 aromatic heterocycles. The number of Topliss-reactive ketones (excluding diaryl/α,β-unsaturated/α-hetero) is 1.